The van der Waals surface area contributed by atoms with Gasteiger partial charge in [-0.3, -0.25) is 4.57 Å². The molecule has 1 aliphatic carbocycles. The van der Waals surface area contributed by atoms with Crippen LogP contribution in [-0.4, -0.2) is 29.8 Å². The number of aliphatic hydroxyl groups excluding tert-OH is 1. The van der Waals surface area contributed by atoms with Crippen molar-refractivity contribution in [1.29, 1.82) is 5.26 Å². The van der Waals surface area contributed by atoms with Crippen molar-refractivity contribution in [3.63, 3.8) is 0 Å². The quantitative estimate of drug-likeness (QED) is 0.767. The molecule has 0 aliphatic heterocycles. The van der Waals surface area contributed by atoms with Crippen molar-refractivity contribution in [2.45, 2.75) is 35.5 Å². The van der Waals surface area contributed by atoms with E-state index < -0.39 is 73.9 Å². The molecule has 28 heavy (non-hydrogen) atoms. The molecule has 2 aromatic rings. The van der Waals surface area contributed by atoms with Crippen molar-refractivity contribution in [1.82, 2.24) is 4.57 Å². The highest BCUT2D eigenvalue weighted by Crippen LogP contribution is 2.47. The Morgan fingerprint density at radius 2 is 1.93 bits per heavy atom. The second kappa shape index (κ2) is 6.52. The van der Waals surface area contributed by atoms with Crippen LogP contribution in [0.4, 0.5) is 26.3 Å². The van der Waals surface area contributed by atoms with Gasteiger partial charge < -0.3 is 5.11 Å². The number of aliphatic hydroxyl groups is 1. The lowest BCUT2D eigenvalue weighted by Crippen LogP contribution is -2.33. The summed E-state index contributed by atoms with van der Waals surface area (Å²) < 4.78 is 107. The van der Waals surface area contributed by atoms with Crippen LogP contribution in [0.5, 0.6) is 0 Å². The Labute approximate surface area is 154 Å². The SMILES string of the molecule is N#Cc1cc(-n2c(F)c(S(=O)(=O)C(F)F)c3c2CCC(F)(F)[C@H]3O)ccc1F. The number of nitrogens with zero attached hydrogens (tertiary/aromatic N) is 2. The molecule has 1 atom stereocenters. The maximum atomic E-state index is 15.0. The Balaban J connectivity index is 2.41. The molecule has 3 rings (SSSR count). The average Bonchev–Trinajstić information content (AvgIpc) is 2.92. The van der Waals surface area contributed by atoms with Gasteiger partial charge in [-0.2, -0.15) is 18.4 Å². The summed E-state index contributed by atoms with van der Waals surface area (Å²) in [5.74, 6) is -10.8. The van der Waals surface area contributed by atoms with E-state index in [1.807, 2.05) is 0 Å². The van der Waals surface area contributed by atoms with E-state index in [9.17, 15) is 39.9 Å². The first-order chi connectivity index (χ1) is 12.9. The van der Waals surface area contributed by atoms with E-state index in [1.54, 1.807) is 0 Å². The highest BCUT2D eigenvalue weighted by molar-refractivity contribution is 7.91. The first-order valence-electron chi connectivity index (χ1n) is 7.64. The number of benzene rings is 1. The fraction of sp³-hybridized carbons (Fsp3) is 0.312. The summed E-state index contributed by atoms with van der Waals surface area (Å²) >= 11 is 0. The van der Waals surface area contributed by atoms with Crippen LogP contribution < -0.4 is 0 Å². The molecule has 12 heteroatoms. The van der Waals surface area contributed by atoms with Gasteiger partial charge in [0.05, 0.1) is 5.56 Å². The number of sulfone groups is 1. The Hall–Kier alpha value is -2.52. The van der Waals surface area contributed by atoms with Crippen LogP contribution in [0.25, 0.3) is 5.69 Å². The zero-order chi connectivity index (χ0) is 21.0. The second-order valence-electron chi connectivity index (χ2n) is 6.06. The van der Waals surface area contributed by atoms with E-state index in [-0.39, 0.29) is 5.69 Å². The average molecular weight is 424 g/mol. The van der Waals surface area contributed by atoms with E-state index in [0.717, 1.165) is 18.2 Å². The minimum Gasteiger partial charge on any atom is -0.382 e. The molecule has 0 spiro atoms. The molecular formula is C16H10F6N2O3S. The number of fused-ring (bicyclic) bond motifs is 1. The van der Waals surface area contributed by atoms with E-state index in [2.05, 4.69) is 0 Å². The molecule has 1 aromatic carbocycles. The Bertz CT molecular complexity index is 1100. The monoisotopic (exact) mass is 424 g/mol. The minimum atomic E-state index is -5.70. The van der Waals surface area contributed by atoms with Crippen molar-refractivity contribution in [2.75, 3.05) is 0 Å². The van der Waals surface area contributed by atoms with Crippen LogP contribution in [0.3, 0.4) is 0 Å². The van der Waals surface area contributed by atoms with Crippen LogP contribution in [0.1, 0.15) is 29.3 Å². The first-order valence-corrected chi connectivity index (χ1v) is 9.19. The Morgan fingerprint density at radius 3 is 2.50 bits per heavy atom. The minimum absolute atomic E-state index is 0.347. The van der Waals surface area contributed by atoms with Crippen LogP contribution >= 0.6 is 0 Å². The molecule has 1 aliphatic rings. The fourth-order valence-electron chi connectivity index (χ4n) is 3.11. The third-order valence-corrected chi connectivity index (χ3v) is 5.85. The number of hydrogen-bond donors (Lipinski definition) is 1. The Kier molecular flexibility index (Phi) is 4.71. The summed E-state index contributed by atoms with van der Waals surface area (Å²) in [4.78, 5) is -1.74. The number of alkyl halides is 4. The number of hydrogen-bond acceptors (Lipinski definition) is 4. The molecule has 0 saturated heterocycles. The Morgan fingerprint density at radius 1 is 1.29 bits per heavy atom. The third kappa shape index (κ3) is 2.85. The van der Waals surface area contributed by atoms with Crippen molar-refractivity contribution >= 4 is 9.84 Å². The van der Waals surface area contributed by atoms with Gasteiger partial charge >= 0.3 is 5.76 Å². The zero-order valence-electron chi connectivity index (χ0n) is 13.6. The predicted molar refractivity (Wildman–Crippen MR) is 81.8 cm³/mol. The van der Waals surface area contributed by atoms with Gasteiger partial charge in [0.2, 0.25) is 15.8 Å². The molecular weight excluding hydrogens is 414 g/mol. The predicted octanol–water partition coefficient (Wildman–Crippen LogP) is 3.24. The number of halogens is 6. The van der Waals surface area contributed by atoms with Gasteiger partial charge in [0.15, 0.2) is 0 Å². The lowest BCUT2D eigenvalue weighted by atomic mass is 9.91. The van der Waals surface area contributed by atoms with Crippen LogP contribution in [0.2, 0.25) is 0 Å². The van der Waals surface area contributed by atoms with E-state index in [4.69, 9.17) is 5.26 Å². The molecule has 150 valence electrons. The summed E-state index contributed by atoms with van der Waals surface area (Å²) in [6.07, 6.45) is -4.51. The normalized spacial score (nSPS) is 18.8. The molecule has 1 N–H and O–H groups in total. The standard InChI is InChI=1S/C16H10F6N2O3S/c17-9-2-1-8(5-7(9)6-23)24-10-3-4-16(21,22)13(25)11(10)12(14(24)18)28(26,27)15(19)20/h1-2,5,13,15,25H,3-4H2/t13-/m0/s1. The lowest BCUT2D eigenvalue weighted by Gasteiger charge is -2.29. The van der Waals surface area contributed by atoms with Crippen molar-refractivity contribution in [2.24, 2.45) is 0 Å². The van der Waals surface area contributed by atoms with E-state index >= 15 is 0 Å². The maximum absolute atomic E-state index is 15.0. The summed E-state index contributed by atoms with van der Waals surface area (Å²) in [6.45, 7) is 0. The van der Waals surface area contributed by atoms with Crippen molar-refractivity contribution in [3.05, 3.63) is 46.8 Å². The lowest BCUT2D eigenvalue weighted by molar-refractivity contribution is -0.123. The fourth-order valence-corrected chi connectivity index (χ4v) is 4.15. The van der Waals surface area contributed by atoms with E-state index in [0.29, 0.717) is 4.57 Å². The smallest absolute Gasteiger partial charge is 0.341 e. The molecule has 5 nitrogen and oxygen atoms in total. The molecule has 1 heterocycles. The van der Waals surface area contributed by atoms with Gasteiger partial charge in [-0.15, -0.1) is 0 Å². The molecule has 1 aromatic heterocycles. The van der Waals surface area contributed by atoms with Crippen LogP contribution in [-0.2, 0) is 16.3 Å². The third-order valence-electron chi connectivity index (χ3n) is 4.43. The van der Waals surface area contributed by atoms with Crippen molar-refractivity contribution in [3.8, 4) is 11.8 Å². The second-order valence-corrected chi connectivity index (χ2v) is 7.92. The van der Waals surface area contributed by atoms with Gasteiger partial charge in [0, 0.05) is 23.4 Å². The summed E-state index contributed by atoms with van der Waals surface area (Å²) in [7, 11) is -5.70. The maximum Gasteiger partial charge on any atom is 0.341 e. The molecule has 0 saturated carbocycles. The van der Waals surface area contributed by atoms with Gasteiger partial charge in [0.25, 0.3) is 5.92 Å². The zero-order valence-corrected chi connectivity index (χ0v) is 14.5. The summed E-state index contributed by atoms with van der Waals surface area (Å²) in [6, 6.07) is 3.92. The van der Waals surface area contributed by atoms with E-state index in [1.165, 1.54) is 6.07 Å². The van der Waals surface area contributed by atoms with Crippen LogP contribution in [0.15, 0.2) is 23.1 Å². The number of aromatic nitrogens is 1. The first kappa shape index (κ1) is 20.2. The number of rotatable bonds is 3. The molecule has 0 radical (unpaired) electrons. The number of nitriles is 1. The highest BCUT2D eigenvalue weighted by Gasteiger charge is 2.50. The van der Waals surface area contributed by atoms with Crippen molar-refractivity contribution < 1.29 is 39.9 Å². The summed E-state index contributed by atoms with van der Waals surface area (Å²) in [5, 5.41) is 18.8. The molecule has 0 bridgehead atoms. The molecule has 0 unspecified atom stereocenters. The van der Waals surface area contributed by atoms with Crippen LogP contribution in [0, 0.1) is 23.1 Å². The molecule has 0 fully saturated rings. The molecule has 0 amide bonds. The van der Waals surface area contributed by atoms with Gasteiger partial charge in [0.1, 0.15) is 22.9 Å². The van der Waals surface area contributed by atoms with Gasteiger partial charge in [-0.25, -0.2) is 21.6 Å². The van der Waals surface area contributed by atoms with Gasteiger partial charge in [-0.05, 0) is 24.6 Å². The van der Waals surface area contributed by atoms with Gasteiger partial charge in [-0.1, -0.05) is 0 Å². The highest BCUT2D eigenvalue weighted by atomic mass is 32.2. The topological polar surface area (TPSA) is 83.1 Å². The summed E-state index contributed by atoms with van der Waals surface area (Å²) in [5.41, 5.74) is -2.57. The largest absolute Gasteiger partial charge is 0.382 e.